The minimum absolute atomic E-state index is 0. The van der Waals surface area contributed by atoms with Crippen LogP contribution in [0.1, 0.15) is 23.6 Å². The van der Waals surface area contributed by atoms with E-state index in [1.807, 2.05) is 29.7 Å². The molecule has 2 heterocycles. The fraction of sp³-hybridized carbons (Fsp3) is 0.471. The molecule has 0 atom stereocenters. The fourth-order valence-corrected chi connectivity index (χ4v) is 3.82. The summed E-state index contributed by atoms with van der Waals surface area (Å²) in [5.41, 5.74) is 0.110. The van der Waals surface area contributed by atoms with Crippen molar-refractivity contribution in [2.45, 2.75) is 25.7 Å². The quantitative estimate of drug-likeness (QED) is 0.389. The molecular formula is C17H26IN3S2. The second kappa shape index (κ2) is 9.64. The molecular weight excluding hydrogens is 437 g/mol. The molecule has 0 fully saturated rings. The highest BCUT2D eigenvalue weighted by Crippen LogP contribution is 2.26. The van der Waals surface area contributed by atoms with Gasteiger partial charge in [0.05, 0.1) is 0 Å². The van der Waals surface area contributed by atoms with Crippen LogP contribution < -0.4 is 5.32 Å². The van der Waals surface area contributed by atoms with E-state index in [1.165, 1.54) is 9.75 Å². The summed E-state index contributed by atoms with van der Waals surface area (Å²) in [4.78, 5) is 9.43. The van der Waals surface area contributed by atoms with Crippen molar-refractivity contribution in [3.05, 3.63) is 44.8 Å². The van der Waals surface area contributed by atoms with Crippen LogP contribution in [0, 0.1) is 0 Å². The highest BCUT2D eigenvalue weighted by atomic mass is 127. The van der Waals surface area contributed by atoms with E-state index in [0.29, 0.717) is 0 Å². The maximum absolute atomic E-state index is 4.41. The minimum Gasteiger partial charge on any atom is -0.355 e. The topological polar surface area (TPSA) is 27.6 Å². The predicted molar refractivity (Wildman–Crippen MR) is 115 cm³/mol. The zero-order chi connectivity index (χ0) is 16.0. The van der Waals surface area contributed by atoms with Crippen LogP contribution in [-0.2, 0) is 11.8 Å². The summed E-state index contributed by atoms with van der Waals surface area (Å²) in [6.45, 7) is 6.39. The lowest BCUT2D eigenvalue weighted by Gasteiger charge is -2.28. The van der Waals surface area contributed by atoms with Crippen LogP contribution in [0.25, 0.3) is 0 Å². The Balaban J connectivity index is 0.00000264. The summed E-state index contributed by atoms with van der Waals surface area (Å²) in [6.07, 6.45) is 1.06. The first kappa shape index (κ1) is 20.4. The molecule has 6 heteroatoms. The number of aliphatic imine (C=N–C) groups is 1. The third-order valence-corrected chi connectivity index (χ3v) is 5.90. The molecule has 23 heavy (non-hydrogen) atoms. The number of thiophene rings is 2. The molecule has 0 aliphatic rings. The lowest BCUT2D eigenvalue weighted by molar-refractivity contribution is 0.459. The Morgan fingerprint density at radius 1 is 1.22 bits per heavy atom. The van der Waals surface area contributed by atoms with E-state index >= 15 is 0 Å². The van der Waals surface area contributed by atoms with Gasteiger partial charge in [0.15, 0.2) is 5.96 Å². The van der Waals surface area contributed by atoms with E-state index in [4.69, 9.17) is 0 Å². The fourth-order valence-electron chi connectivity index (χ4n) is 2.27. The lowest BCUT2D eigenvalue weighted by atomic mass is 9.91. The number of guanidine groups is 1. The van der Waals surface area contributed by atoms with Crippen LogP contribution >= 0.6 is 46.7 Å². The molecule has 0 unspecified atom stereocenters. The van der Waals surface area contributed by atoms with Crippen LogP contribution in [0.15, 0.2) is 40.0 Å². The van der Waals surface area contributed by atoms with Gasteiger partial charge >= 0.3 is 0 Å². The average molecular weight is 463 g/mol. The maximum Gasteiger partial charge on any atom is 0.193 e. The number of likely N-dealkylation sites (N-methyl/N-ethyl adjacent to an activating group) is 1. The van der Waals surface area contributed by atoms with Crippen LogP contribution in [0.5, 0.6) is 0 Å². The van der Waals surface area contributed by atoms with Crippen LogP contribution in [0.3, 0.4) is 0 Å². The monoisotopic (exact) mass is 463 g/mol. The Bertz CT molecular complexity index is 577. The van der Waals surface area contributed by atoms with Crippen molar-refractivity contribution in [3.8, 4) is 0 Å². The molecule has 128 valence electrons. The van der Waals surface area contributed by atoms with Gasteiger partial charge in [0, 0.05) is 42.4 Å². The smallest absolute Gasteiger partial charge is 0.193 e. The minimum atomic E-state index is 0. The van der Waals surface area contributed by atoms with Gasteiger partial charge < -0.3 is 10.2 Å². The highest BCUT2D eigenvalue weighted by molar-refractivity contribution is 14.0. The van der Waals surface area contributed by atoms with Gasteiger partial charge in [-0.2, -0.15) is 0 Å². The van der Waals surface area contributed by atoms with Crippen LogP contribution in [0.2, 0.25) is 0 Å². The van der Waals surface area contributed by atoms with Gasteiger partial charge in [0.2, 0.25) is 0 Å². The highest BCUT2D eigenvalue weighted by Gasteiger charge is 2.22. The number of nitrogens with one attached hydrogen (secondary N) is 1. The van der Waals surface area contributed by atoms with Gasteiger partial charge in [-0.05, 0) is 29.3 Å². The number of rotatable bonds is 6. The molecule has 0 saturated carbocycles. The van der Waals surface area contributed by atoms with Crippen molar-refractivity contribution >= 4 is 52.6 Å². The third kappa shape index (κ3) is 6.08. The molecule has 2 aromatic heterocycles. The summed E-state index contributed by atoms with van der Waals surface area (Å²) in [6, 6.07) is 8.62. The van der Waals surface area contributed by atoms with Crippen molar-refractivity contribution in [2.24, 2.45) is 4.99 Å². The lowest BCUT2D eigenvalue weighted by Crippen LogP contribution is -2.44. The number of nitrogens with zero attached hydrogens (tertiary/aromatic N) is 2. The maximum atomic E-state index is 4.41. The SMILES string of the molecule is CN=C(NCC(C)(C)c1cccs1)N(C)CCc1cccs1.I. The molecule has 0 bridgehead atoms. The van der Waals surface area contributed by atoms with Gasteiger partial charge in [0.25, 0.3) is 0 Å². The van der Waals surface area contributed by atoms with Gasteiger partial charge in [-0.15, -0.1) is 46.7 Å². The van der Waals surface area contributed by atoms with Crippen LogP contribution in [0.4, 0.5) is 0 Å². The normalized spacial score (nSPS) is 11.9. The van der Waals surface area contributed by atoms with E-state index in [0.717, 1.165) is 25.5 Å². The molecule has 2 rings (SSSR count). The van der Waals surface area contributed by atoms with Crippen molar-refractivity contribution < 1.29 is 0 Å². The molecule has 0 radical (unpaired) electrons. The number of hydrogen-bond acceptors (Lipinski definition) is 3. The molecule has 3 nitrogen and oxygen atoms in total. The van der Waals surface area contributed by atoms with Gasteiger partial charge in [-0.1, -0.05) is 26.0 Å². The second-order valence-electron chi connectivity index (χ2n) is 6.01. The second-order valence-corrected chi connectivity index (χ2v) is 7.99. The van der Waals surface area contributed by atoms with E-state index in [9.17, 15) is 0 Å². The number of hydrogen-bond donors (Lipinski definition) is 1. The molecule has 2 aromatic rings. The Morgan fingerprint density at radius 3 is 2.48 bits per heavy atom. The summed E-state index contributed by atoms with van der Waals surface area (Å²) >= 11 is 3.63. The third-order valence-electron chi connectivity index (χ3n) is 3.72. The molecule has 0 spiro atoms. The molecule has 0 aliphatic carbocycles. The summed E-state index contributed by atoms with van der Waals surface area (Å²) < 4.78 is 0. The zero-order valence-electron chi connectivity index (χ0n) is 14.2. The zero-order valence-corrected chi connectivity index (χ0v) is 18.2. The average Bonchev–Trinajstić information content (AvgIpc) is 3.19. The molecule has 1 N–H and O–H groups in total. The standard InChI is InChI=1S/C17H25N3S2.HI/c1-17(2,15-8-6-12-22-15)13-19-16(18-3)20(4)10-9-14-7-5-11-21-14;/h5-8,11-12H,9-10,13H2,1-4H3,(H,18,19);1H. The molecule has 0 aliphatic heterocycles. The van der Waals surface area contributed by atoms with Gasteiger partial charge in [0.1, 0.15) is 0 Å². The van der Waals surface area contributed by atoms with Crippen LogP contribution in [-0.4, -0.2) is 38.0 Å². The molecule has 0 saturated heterocycles. The Kier molecular flexibility index (Phi) is 8.57. The number of halogens is 1. The van der Waals surface area contributed by atoms with Gasteiger partial charge in [-0.3, -0.25) is 4.99 Å². The summed E-state index contributed by atoms with van der Waals surface area (Å²) in [5.74, 6) is 0.959. The first-order valence-electron chi connectivity index (χ1n) is 7.51. The largest absolute Gasteiger partial charge is 0.355 e. The van der Waals surface area contributed by atoms with E-state index < -0.39 is 0 Å². The van der Waals surface area contributed by atoms with Crippen molar-refractivity contribution in [3.63, 3.8) is 0 Å². The first-order chi connectivity index (χ1) is 10.5. The Morgan fingerprint density at radius 2 is 1.91 bits per heavy atom. The summed E-state index contributed by atoms with van der Waals surface area (Å²) in [7, 11) is 3.95. The van der Waals surface area contributed by atoms with Crippen molar-refractivity contribution in [2.75, 3.05) is 27.2 Å². The predicted octanol–water partition coefficient (Wildman–Crippen LogP) is 4.46. The van der Waals surface area contributed by atoms with Crippen molar-refractivity contribution in [1.82, 2.24) is 10.2 Å². The Labute approximate surface area is 164 Å². The van der Waals surface area contributed by atoms with E-state index in [-0.39, 0.29) is 29.4 Å². The molecule has 0 amide bonds. The summed E-state index contributed by atoms with van der Waals surface area (Å²) in [5, 5.41) is 7.78. The van der Waals surface area contributed by atoms with E-state index in [1.54, 1.807) is 0 Å². The Hall–Kier alpha value is -0.600. The van der Waals surface area contributed by atoms with Gasteiger partial charge in [-0.25, -0.2) is 0 Å². The van der Waals surface area contributed by atoms with Crippen molar-refractivity contribution in [1.29, 1.82) is 0 Å². The first-order valence-corrected chi connectivity index (χ1v) is 9.27. The molecule has 0 aromatic carbocycles. The van der Waals surface area contributed by atoms with E-state index in [2.05, 4.69) is 71.1 Å².